The third kappa shape index (κ3) is 4.64. The van der Waals surface area contributed by atoms with Crippen molar-refractivity contribution in [1.82, 2.24) is 25.1 Å². The summed E-state index contributed by atoms with van der Waals surface area (Å²) in [5.74, 6) is 0.248. The number of nitrogens with one attached hydrogen (secondary N) is 2. The first-order valence-electron chi connectivity index (χ1n) is 13.0. The average molecular weight is 555 g/mol. The van der Waals surface area contributed by atoms with Gasteiger partial charge in [0.15, 0.2) is 0 Å². The largest absolute Gasteiger partial charge is 0.339 e. The van der Waals surface area contributed by atoms with Crippen molar-refractivity contribution in [3.63, 3.8) is 0 Å². The Balaban J connectivity index is 1.13. The lowest BCUT2D eigenvalue weighted by Gasteiger charge is -2.38. The van der Waals surface area contributed by atoms with Crippen molar-refractivity contribution < 1.29 is 14.4 Å². The van der Waals surface area contributed by atoms with Crippen molar-refractivity contribution in [2.75, 3.05) is 37.6 Å². The van der Waals surface area contributed by atoms with Crippen LogP contribution in [0.15, 0.2) is 36.4 Å². The molecule has 1 aromatic carbocycles. The topological polar surface area (TPSA) is 102 Å². The van der Waals surface area contributed by atoms with Gasteiger partial charge in [-0.2, -0.15) is 0 Å². The van der Waals surface area contributed by atoms with E-state index in [0.717, 1.165) is 29.8 Å². The number of carbonyl (C=O) groups excluding carboxylic acids is 3. The van der Waals surface area contributed by atoms with Gasteiger partial charge in [0.2, 0.25) is 17.8 Å². The number of imidazole rings is 1. The van der Waals surface area contributed by atoms with E-state index in [4.69, 9.17) is 16.6 Å². The van der Waals surface area contributed by atoms with Gasteiger partial charge < -0.3 is 25.0 Å². The summed E-state index contributed by atoms with van der Waals surface area (Å²) in [4.78, 5) is 54.6. The molecule has 4 heterocycles. The monoisotopic (exact) mass is 554 g/mol. The quantitative estimate of drug-likeness (QED) is 0.502. The second-order valence-electron chi connectivity index (χ2n) is 11.2. The molecule has 0 unspecified atom stereocenters. The van der Waals surface area contributed by atoms with Gasteiger partial charge in [0.05, 0.1) is 20.2 Å². The molecule has 1 spiro atoms. The van der Waals surface area contributed by atoms with Crippen molar-refractivity contribution in [2.45, 2.75) is 44.7 Å². The number of H-pyrrole nitrogens is 1. The molecule has 2 aromatic heterocycles. The van der Waals surface area contributed by atoms with E-state index in [2.05, 4.69) is 15.2 Å². The maximum absolute atomic E-state index is 13.8. The normalized spacial score (nSPS) is 20.8. The Morgan fingerprint density at radius 2 is 1.84 bits per heavy atom. The molecule has 3 fully saturated rings. The first kappa shape index (κ1) is 25.2. The van der Waals surface area contributed by atoms with Gasteiger partial charge in [-0.05, 0) is 62.8 Å². The predicted octanol–water partition coefficient (Wildman–Crippen LogP) is 3.52. The molecular formula is C27H31ClN6O3S. The Morgan fingerprint density at radius 3 is 2.50 bits per heavy atom. The minimum atomic E-state index is -1.16. The number of anilines is 1. The number of benzene rings is 1. The number of halogens is 1. The number of amides is 3. The number of nitrogens with zero attached hydrogens (tertiary/aromatic N) is 4. The number of hydrogen-bond donors (Lipinski definition) is 2. The van der Waals surface area contributed by atoms with Crippen LogP contribution in [0.5, 0.6) is 0 Å². The van der Waals surface area contributed by atoms with Gasteiger partial charge in [0, 0.05) is 32.7 Å². The number of thiophene rings is 1. The predicted molar refractivity (Wildman–Crippen MR) is 148 cm³/mol. The van der Waals surface area contributed by atoms with E-state index in [1.165, 1.54) is 11.3 Å². The number of para-hydroxylation sites is 2. The highest BCUT2D eigenvalue weighted by atomic mass is 35.5. The number of hydrogen-bond acceptors (Lipinski definition) is 6. The lowest BCUT2D eigenvalue weighted by atomic mass is 10.0. The van der Waals surface area contributed by atoms with Gasteiger partial charge in [-0.3, -0.25) is 14.4 Å². The Kier molecular flexibility index (Phi) is 6.14. The molecule has 200 valence electrons. The van der Waals surface area contributed by atoms with Gasteiger partial charge in [-0.1, -0.05) is 23.7 Å². The fourth-order valence-corrected chi connectivity index (χ4v) is 6.60. The number of fused-ring (bicyclic) bond motifs is 1. The van der Waals surface area contributed by atoms with Crippen LogP contribution >= 0.6 is 22.9 Å². The molecule has 3 amide bonds. The number of likely N-dealkylation sites (tertiary alicyclic amines) is 1. The van der Waals surface area contributed by atoms with Crippen LogP contribution in [0.4, 0.5) is 5.95 Å². The third-order valence-corrected chi connectivity index (χ3v) is 9.27. The number of aromatic nitrogens is 2. The van der Waals surface area contributed by atoms with Crippen molar-refractivity contribution >= 4 is 57.6 Å². The molecule has 0 bridgehead atoms. The fourth-order valence-electron chi connectivity index (χ4n) is 5.66. The van der Waals surface area contributed by atoms with Crippen LogP contribution < -0.4 is 10.2 Å². The van der Waals surface area contributed by atoms with Crippen molar-refractivity contribution in [3.05, 3.63) is 45.6 Å². The highest BCUT2D eigenvalue weighted by Gasteiger charge is 2.57. The first-order valence-corrected chi connectivity index (χ1v) is 14.2. The second-order valence-corrected chi connectivity index (χ2v) is 12.9. The molecule has 1 atom stereocenters. The van der Waals surface area contributed by atoms with E-state index in [0.29, 0.717) is 48.4 Å². The summed E-state index contributed by atoms with van der Waals surface area (Å²) in [5.41, 5.74) is 0.792. The average Bonchev–Trinajstić information content (AvgIpc) is 3.23. The minimum absolute atomic E-state index is 0.00135. The fraction of sp³-hybridized carbons (Fsp3) is 0.481. The number of aromatic amines is 1. The molecule has 2 saturated heterocycles. The second kappa shape index (κ2) is 9.27. The number of rotatable bonds is 5. The maximum atomic E-state index is 13.8. The van der Waals surface area contributed by atoms with Crippen molar-refractivity contribution in [1.29, 1.82) is 0 Å². The first-order chi connectivity index (χ1) is 18.1. The lowest BCUT2D eigenvalue weighted by Crippen LogP contribution is -2.60. The molecule has 1 aliphatic carbocycles. The molecule has 0 radical (unpaired) electrons. The van der Waals surface area contributed by atoms with E-state index in [9.17, 15) is 14.4 Å². The molecule has 3 aliphatic rings. The maximum Gasteiger partial charge on any atom is 0.262 e. The van der Waals surface area contributed by atoms with Gasteiger partial charge >= 0.3 is 0 Å². The van der Waals surface area contributed by atoms with Gasteiger partial charge in [0.25, 0.3) is 5.91 Å². The van der Waals surface area contributed by atoms with E-state index in [-0.39, 0.29) is 23.1 Å². The zero-order valence-corrected chi connectivity index (χ0v) is 23.1. The van der Waals surface area contributed by atoms with Gasteiger partial charge in [0.1, 0.15) is 11.6 Å². The van der Waals surface area contributed by atoms with Crippen LogP contribution in [0.25, 0.3) is 11.0 Å². The molecule has 6 rings (SSSR count). The van der Waals surface area contributed by atoms with Crippen LogP contribution in [-0.4, -0.2) is 81.8 Å². The SMILES string of the molecule is CC(C)(NC(=O)c1ccc(Cl)s1)C(=O)N1CC2(CC2)C[C@H]1C(=O)N1CCN(c2nc3ccccc3[nH]2)CC1. The Bertz CT molecular complexity index is 1370. The third-order valence-electron chi connectivity index (χ3n) is 8.04. The summed E-state index contributed by atoms with van der Waals surface area (Å²) in [6.07, 6.45) is 2.74. The van der Waals surface area contributed by atoms with Crippen LogP contribution in [0, 0.1) is 5.41 Å². The van der Waals surface area contributed by atoms with Crippen LogP contribution in [-0.2, 0) is 9.59 Å². The summed E-state index contributed by atoms with van der Waals surface area (Å²) < 4.78 is 0.514. The molecule has 9 nitrogen and oxygen atoms in total. The summed E-state index contributed by atoms with van der Waals surface area (Å²) in [5, 5.41) is 2.86. The molecule has 2 N–H and O–H groups in total. The smallest absolute Gasteiger partial charge is 0.262 e. The summed E-state index contributed by atoms with van der Waals surface area (Å²) >= 11 is 7.15. The molecule has 2 aliphatic heterocycles. The van der Waals surface area contributed by atoms with Crippen molar-refractivity contribution in [3.8, 4) is 0 Å². The Morgan fingerprint density at radius 1 is 1.11 bits per heavy atom. The van der Waals surface area contributed by atoms with E-state index in [1.807, 2.05) is 29.2 Å². The highest BCUT2D eigenvalue weighted by Crippen LogP contribution is 2.55. The zero-order chi connectivity index (χ0) is 26.7. The lowest BCUT2D eigenvalue weighted by molar-refractivity contribution is -0.146. The van der Waals surface area contributed by atoms with Crippen molar-refractivity contribution in [2.24, 2.45) is 5.41 Å². The Labute approximate surface area is 230 Å². The minimum Gasteiger partial charge on any atom is -0.339 e. The zero-order valence-electron chi connectivity index (χ0n) is 21.5. The molecule has 1 saturated carbocycles. The standard InChI is InChI=1S/C27H31ClN6O3S/c1-26(2,31-22(35)20-7-8-21(28)38-20)24(37)34-16-27(9-10-27)15-19(34)23(36)32-11-13-33(14-12-32)25-29-17-5-3-4-6-18(17)30-25/h3-8,19H,9-16H2,1-2H3,(H,29,30)(H,31,35)/t19-/m0/s1. The molecule has 3 aromatic rings. The van der Waals surface area contributed by atoms with E-state index < -0.39 is 11.6 Å². The number of piperazine rings is 1. The highest BCUT2D eigenvalue weighted by molar-refractivity contribution is 7.18. The van der Waals surface area contributed by atoms with Crippen LogP contribution in [0.3, 0.4) is 0 Å². The van der Waals surface area contributed by atoms with Crippen LogP contribution in [0.1, 0.15) is 42.8 Å². The summed E-state index contributed by atoms with van der Waals surface area (Å²) in [6.45, 7) is 6.44. The molecule has 11 heteroatoms. The summed E-state index contributed by atoms with van der Waals surface area (Å²) in [6, 6.07) is 10.7. The van der Waals surface area contributed by atoms with E-state index >= 15 is 0 Å². The Hall–Kier alpha value is -3.11. The van der Waals surface area contributed by atoms with Crippen LogP contribution in [0.2, 0.25) is 4.34 Å². The molecule has 38 heavy (non-hydrogen) atoms. The molecular weight excluding hydrogens is 524 g/mol. The summed E-state index contributed by atoms with van der Waals surface area (Å²) in [7, 11) is 0. The van der Waals surface area contributed by atoms with Gasteiger partial charge in [-0.15, -0.1) is 11.3 Å². The number of carbonyl (C=O) groups is 3. The van der Waals surface area contributed by atoms with E-state index in [1.54, 1.807) is 30.9 Å². The van der Waals surface area contributed by atoms with Gasteiger partial charge in [-0.25, -0.2) is 4.98 Å².